The fraction of sp³-hybridized carbons (Fsp3) is 0.526. The zero-order valence-corrected chi connectivity index (χ0v) is 15.9. The summed E-state index contributed by atoms with van der Waals surface area (Å²) in [5, 5.41) is 1.19. The fourth-order valence-corrected chi connectivity index (χ4v) is 4.28. The van der Waals surface area contributed by atoms with Gasteiger partial charge in [-0.1, -0.05) is 30.8 Å². The molecule has 0 radical (unpaired) electrons. The average Bonchev–Trinajstić information content (AvgIpc) is 2.63. The van der Waals surface area contributed by atoms with Crippen LogP contribution in [-0.2, 0) is 11.8 Å². The molecule has 1 saturated carbocycles. The Kier molecular flexibility index (Phi) is 5.47. The van der Waals surface area contributed by atoms with Crippen LogP contribution in [0.3, 0.4) is 0 Å². The van der Waals surface area contributed by atoms with Crippen LogP contribution in [0.1, 0.15) is 32.6 Å². The Morgan fingerprint density at radius 1 is 1.28 bits per heavy atom. The van der Waals surface area contributed by atoms with E-state index in [2.05, 4.69) is 11.9 Å². The first-order valence-electron chi connectivity index (χ1n) is 8.81. The van der Waals surface area contributed by atoms with Crippen LogP contribution in [0.4, 0.5) is 0 Å². The molecule has 0 bridgehead atoms. The van der Waals surface area contributed by atoms with Crippen LogP contribution in [0.15, 0.2) is 34.2 Å². The summed E-state index contributed by atoms with van der Waals surface area (Å²) in [5.74, 6) is 1.18. The van der Waals surface area contributed by atoms with Crippen molar-refractivity contribution in [3.05, 3.63) is 34.6 Å². The van der Waals surface area contributed by atoms with Gasteiger partial charge in [-0.25, -0.2) is 4.98 Å². The predicted octanol–water partition coefficient (Wildman–Crippen LogP) is 3.06. The predicted molar refractivity (Wildman–Crippen MR) is 102 cm³/mol. The van der Waals surface area contributed by atoms with Crippen LogP contribution in [0.5, 0.6) is 0 Å². The Labute approximate surface area is 152 Å². The molecular weight excluding hydrogens is 334 g/mol. The zero-order chi connectivity index (χ0) is 18.0. The van der Waals surface area contributed by atoms with Gasteiger partial charge in [-0.2, -0.15) is 0 Å². The normalized spacial score (nSPS) is 20.6. The number of benzene rings is 1. The van der Waals surface area contributed by atoms with Crippen LogP contribution in [0, 0.1) is 5.92 Å². The molecule has 1 aliphatic carbocycles. The highest BCUT2D eigenvalue weighted by atomic mass is 32.2. The first-order valence-corrected chi connectivity index (χ1v) is 9.80. The van der Waals surface area contributed by atoms with E-state index in [1.54, 1.807) is 13.1 Å². The lowest BCUT2D eigenvalue weighted by molar-refractivity contribution is -0.129. The van der Waals surface area contributed by atoms with E-state index in [1.165, 1.54) is 29.2 Å². The van der Waals surface area contributed by atoms with Crippen LogP contribution in [0.25, 0.3) is 10.9 Å². The molecule has 2 aromatic rings. The molecule has 1 aromatic carbocycles. The van der Waals surface area contributed by atoms with Gasteiger partial charge in [0.1, 0.15) is 0 Å². The van der Waals surface area contributed by atoms with E-state index in [0.29, 0.717) is 27.9 Å². The lowest BCUT2D eigenvalue weighted by atomic mass is 9.87. The molecular formula is C19H25N3O2S. The Balaban J connectivity index is 1.69. The Bertz CT molecular complexity index is 825. The minimum Gasteiger partial charge on any atom is -0.342 e. The smallest absolute Gasteiger partial charge is 0.261 e. The van der Waals surface area contributed by atoms with Crippen molar-refractivity contribution in [1.29, 1.82) is 0 Å². The fourth-order valence-electron chi connectivity index (χ4n) is 3.39. The Morgan fingerprint density at radius 3 is 2.68 bits per heavy atom. The molecule has 1 amide bonds. The number of thioether (sulfide) groups is 1. The first-order chi connectivity index (χ1) is 12.0. The summed E-state index contributed by atoms with van der Waals surface area (Å²) in [5.41, 5.74) is 0.602. The summed E-state index contributed by atoms with van der Waals surface area (Å²) < 4.78 is 1.53. The summed E-state index contributed by atoms with van der Waals surface area (Å²) in [6, 6.07) is 7.66. The van der Waals surface area contributed by atoms with Crippen LogP contribution < -0.4 is 5.56 Å². The Hall–Kier alpha value is -1.82. The second kappa shape index (κ2) is 7.60. The lowest BCUT2D eigenvalue weighted by Crippen LogP contribution is -2.40. The van der Waals surface area contributed by atoms with Gasteiger partial charge in [0.05, 0.1) is 16.7 Å². The number of aromatic nitrogens is 2. The SMILES string of the molecule is CC1CCC(N(C)C(=O)CSc2nc3ccccc3c(=O)n2C)CC1. The van der Waals surface area contributed by atoms with E-state index in [9.17, 15) is 9.59 Å². The van der Waals surface area contributed by atoms with Gasteiger partial charge < -0.3 is 4.90 Å². The van der Waals surface area contributed by atoms with Gasteiger partial charge in [-0.3, -0.25) is 14.2 Å². The zero-order valence-electron chi connectivity index (χ0n) is 15.1. The number of carbonyl (C=O) groups excluding carboxylic acids is 1. The van der Waals surface area contributed by atoms with Crippen molar-refractivity contribution in [3.63, 3.8) is 0 Å². The van der Waals surface area contributed by atoms with Crippen LogP contribution >= 0.6 is 11.8 Å². The molecule has 1 aromatic heterocycles. The van der Waals surface area contributed by atoms with E-state index >= 15 is 0 Å². The first kappa shape index (κ1) is 18.0. The molecule has 5 nitrogen and oxygen atoms in total. The molecule has 1 heterocycles. The maximum Gasteiger partial charge on any atom is 0.261 e. The van der Waals surface area contributed by atoms with Crippen molar-refractivity contribution in [1.82, 2.24) is 14.5 Å². The molecule has 0 N–H and O–H groups in total. The molecule has 0 saturated heterocycles. The molecule has 0 aliphatic heterocycles. The van der Waals surface area contributed by atoms with Gasteiger partial charge in [0, 0.05) is 20.1 Å². The molecule has 25 heavy (non-hydrogen) atoms. The second-order valence-electron chi connectivity index (χ2n) is 6.98. The van der Waals surface area contributed by atoms with Crippen LogP contribution in [0.2, 0.25) is 0 Å². The molecule has 1 aliphatic rings. The molecule has 0 spiro atoms. The van der Waals surface area contributed by atoms with Crippen molar-refractivity contribution in [3.8, 4) is 0 Å². The van der Waals surface area contributed by atoms with Crippen LogP contribution in [-0.4, -0.2) is 39.2 Å². The van der Waals surface area contributed by atoms with E-state index < -0.39 is 0 Å². The maximum absolute atomic E-state index is 12.5. The van der Waals surface area contributed by atoms with Gasteiger partial charge in [0.2, 0.25) is 5.91 Å². The summed E-state index contributed by atoms with van der Waals surface area (Å²) in [6.07, 6.45) is 4.55. The summed E-state index contributed by atoms with van der Waals surface area (Å²) in [7, 11) is 3.61. The minimum absolute atomic E-state index is 0.0739. The van der Waals surface area contributed by atoms with Crippen molar-refractivity contribution in [2.24, 2.45) is 13.0 Å². The molecule has 3 rings (SSSR count). The lowest BCUT2D eigenvalue weighted by Gasteiger charge is -2.33. The van der Waals surface area contributed by atoms with E-state index in [-0.39, 0.29) is 11.5 Å². The number of carbonyl (C=O) groups is 1. The summed E-state index contributed by atoms with van der Waals surface area (Å²) >= 11 is 1.34. The highest BCUT2D eigenvalue weighted by Gasteiger charge is 2.25. The van der Waals surface area contributed by atoms with Crippen molar-refractivity contribution in [2.75, 3.05) is 12.8 Å². The van der Waals surface area contributed by atoms with Gasteiger partial charge in [0.15, 0.2) is 5.16 Å². The standard InChI is InChI=1S/C19H25N3O2S/c1-13-8-10-14(11-9-13)21(2)17(23)12-25-19-20-16-7-5-4-6-15(16)18(24)22(19)3/h4-7,13-14H,8-12H2,1-3H3. The van der Waals surface area contributed by atoms with E-state index in [0.717, 1.165) is 18.8 Å². The molecule has 1 fully saturated rings. The number of rotatable bonds is 4. The molecule has 134 valence electrons. The van der Waals surface area contributed by atoms with Gasteiger partial charge in [-0.15, -0.1) is 0 Å². The maximum atomic E-state index is 12.5. The van der Waals surface area contributed by atoms with Gasteiger partial charge in [0.25, 0.3) is 5.56 Å². The highest BCUT2D eigenvalue weighted by Crippen LogP contribution is 2.27. The topological polar surface area (TPSA) is 55.2 Å². The number of nitrogens with zero attached hydrogens (tertiary/aromatic N) is 3. The van der Waals surface area contributed by atoms with Crippen molar-refractivity contribution >= 4 is 28.6 Å². The third-order valence-corrected chi connectivity index (χ3v) is 6.21. The van der Waals surface area contributed by atoms with Crippen molar-refractivity contribution in [2.45, 2.75) is 43.8 Å². The third-order valence-electron chi connectivity index (χ3n) is 5.19. The average molecular weight is 359 g/mol. The summed E-state index contributed by atoms with van der Waals surface area (Å²) in [4.78, 5) is 31.4. The second-order valence-corrected chi connectivity index (χ2v) is 7.93. The number of hydrogen-bond acceptors (Lipinski definition) is 4. The van der Waals surface area contributed by atoms with E-state index in [4.69, 9.17) is 0 Å². The van der Waals surface area contributed by atoms with Crippen molar-refractivity contribution < 1.29 is 4.79 Å². The third kappa shape index (κ3) is 3.89. The molecule has 0 unspecified atom stereocenters. The largest absolute Gasteiger partial charge is 0.342 e. The molecule has 0 atom stereocenters. The number of fused-ring (bicyclic) bond motifs is 1. The number of amides is 1. The summed E-state index contributed by atoms with van der Waals surface area (Å²) in [6.45, 7) is 2.28. The Morgan fingerprint density at radius 2 is 1.96 bits per heavy atom. The minimum atomic E-state index is -0.0739. The van der Waals surface area contributed by atoms with Gasteiger partial charge >= 0.3 is 0 Å². The monoisotopic (exact) mass is 359 g/mol. The van der Waals surface area contributed by atoms with E-state index in [1.807, 2.05) is 30.1 Å². The van der Waals surface area contributed by atoms with Gasteiger partial charge in [-0.05, 0) is 43.7 Å². The number of para-hydroxylation sites is 1. The highest BCUT2D eigenvalue weighted by molar-refractivity contribution is 7.99. The number of hydrogen-bond donors (Lipinski definition) is 0. The quantitative estimate of drug-likeness (QED) is 0.622. The molecule has 6 heteroatoms.